The number of aliphatic carboxylic acids is 1. The molecule has 1 heterocycles. The summed E-state index contributed by atoms with van der Waals surface area (Å²) < 4.78 is 28.5. The number of allylic oxidation sites excluding steroid dienone is 10. The zero-order valence-electron chi connectivity index (χ0n) is 49.0. The summed E-state index contributed by atoms with van der Waals surface area (Å²) in [6, 6.07) is 0. The molecule has 12 heteroatoms. The van der Waals surface area contributed by atoms with Crippen LogP contribution in [0.25, 0.3) is 0 Å². The zero-order chi connectivity index (χ0) is 56.1. The molecule has 6 atom stereocenters. The van der Waals surface area contributed by atoms with Crippen LogP contribution in [0.5, 0.6) is 0 Å². The Hall–Kier alpha value is -3.58. The van der Waals surface area contributed by atoms with E-state index in [0.29, 0.717) is 19.3 Å². The normalized spacial score (nSPS) is 18.4. The van der Waals surface area contributed by atoms with Crippen molar-refractivity contribution in [3.63, 3.8) is 0 Å². The van der Waals surface area contributed by atoms with Crippen LogP contribution in [0, 0.1) is 0 Å². The molecule has 1 aliphatic heterocycles. The van der Waals surface area contributed by atoms with E-state index in [1.165, 1.54) is 103 Å². The molecule has 0 radical (unpaired) electrons. The number of aliphatic hydroxyl groups excluding tert-OH is 2. The quantitative estimate of drug-likeness (QED) is 0.0228. The molecule has 0 aromatic heterocycles. The number of carboxylic acids is 1. The maximum absolute atomic E-state index is 13.2. The lowest BCUT2D eigenvalue weighted by Gasteiger charge is -2.40. The molecule has 6 unspecified atom stereocenters. The number of ether oxygens (including phenoxy) is 5. The average molecular weight is 1090 g/mol. The largest absolute Gasteiger partial charge is 0.479 e. The highest BCUT2D eigenvalue weighted by atomic mass is 16.7. The minimum atomic E-state index is -1.91. The third-order valence-corrected chi connectivity index (χ3v) is 14.1. The van der Waals surface area contributed by atoms with Gasteiger partial charge < -0.3 is 39.0 Å². The van der Waals surface area contributed by atoms with Gasteiger partial charge in [-0.15, -0.1) is 0 Å². The summed E-state index contributed by atoms with van der Waals surface area (Å²) in [5.41, 5.74) is 0. The van der Waals surface area contributed by atoms with E-state index in [-0.39, 0.29) is 25.9 Å². The number of unbranched alkanes of at least 4 members (excludes halogenated alkanes) is 29. The van der Waals surface area contributed by atoms with Crippen LogP contribution in [-0.2, 0) is 42.9 Å². The summed E-state index contributed by atoms with van der Waals surface area (Å²) in [5.74, 6) is -3.13. The molecule has 1 saturated heterocycles. The van der Waals surface area contributed by atoms with E-state index in [0.717, 1.165) is 116 Å². The Balaban J connectivity index is 2.68. The van der Waals surface area contributed by atoms with E-state index in [9.17, 15) is 34.5 Å². The molecular formula is C65H112O12. The Morgan fingerprint density at radius 1 is 0.442 bits per heavy atom. The van der Waals surface area contributed by atoms with Gasteiger partial charge >= 0.3 is 23.9 Å². The van der Waals surface area contributed by atoms with Crippen LogP contribution in [0.2, 0.25) is 0 Å². The molecule has 0 aromatic carbocycles. The van der Waals surface area contributed by atoms with E-state index in [1.54, 1.807) is 0 Å². The highest BCUT2D eigenvalue weighted by Gasteiger charge is 2.50. The van der Waals surface area contributed by atoms with Gasteiger partial charge in [0.2, 0.25) is 0 Å². The lowest BCUT2D eigenvalue weighted by atomic mass is 9.98. The maximum Gasteiger partial charge on any atom is 0.335 e. The fraction of sp³-hybridized carbons (Fsp3) is 0.785. The minimum Gasteiger partial charge on any atom is -0.479 e. The van der Waals surface area contributed by atoms with E-state index in [1.807, 2.05) is 0 Å². The monoisotopic (exact) mass is 1080 g/mol. The molecule has 0 bridgehead atoms. The third kappa shape index (κ3) is 43.0. The number of hydrogen-bond acceptors (Lipinski definition) is 11. The van der Waals surface area contributed by atoms with E-state index >= 15 is 0 Å². The van der Waals surface area contributed by atoms with E-state index in [2.05, 4.69) is 81.5 Å². The Morgan fingerprint density at radius 2 is 0.818 bits per heavy atom. The molecule has 0 aliphatic carbocycles. The first-order valence-corrected chi connectivity index (χ1v) is 31.3. The van der Waals surface area contributed by atoms with Gasteiger partial charge in [-0.25, -0.2) is 4.79 Å². The summed E-state index contributed by atoms with van der Waals surface area (Å²) in [6.45, 7) is 5.86. The highest BCUT2D eigenvalue weighted by Crippen LogP contribution is 2.27. The molecule has 77 heavy (non-hydrogen) atoms. The van der Waals surface area contributed by atoms with Gasteiger partial charge in [-0.05, 0) is 83.5 Å². The van der Waals surface area contributed by atoms with Gasteiger partial charge in [0.15, 0.2) is 24.6 Å². The molecule has 1 fully saturated rings. The summed E-state index contributed by atoms with van der Waals surface area (Å²) in [4.78, 5) is 51.2. The molecule has 444 valence electrons. The van der Waals surface area contributed by atoms with Crippen LogP contribution in [0.1, 0.15) is 278 Å². The highest BCUT2D eigenvalue weighted by molar-refractivity contribution is 5.74. The lowest BCUT2D eigenvalue weighted by Crippen LogP contribution is -2.61. The second kappa shape index (κ2) is 53.1. The number of hydrogen-bond donors (Lipinski definition) is 3. The first kappa shape index (κ1) is 71.4. The fourth-order valence-electron chi connectivity index (χ4n) is 9.30. The van der Waals surface area contributed by atoms with Crippen LogP contribution >= 0.6 is 0 Å². The summed E-state index contributed by atoms with van der Waals surface area (Å²) in [7, 11) is 0. The molecule has 1 rings (SSSR count). The van der Waals surface area contributed by atoms with Gasteiger partial charge in [-0.1, -0.05) is 236 Å². The van der Waals surface area contributed by atoms with Crippen LogP contribution in [0.4, 0.5) is 0 Å². The smallest absolute Gasteiger partial charge is 0.335 e. The number of rotatable bonds is 53. The standard InChI is InChI=1S/C65H112O12/c1-4-7-10-13-16-19-22-25-28-29-32-33-36-39-42-45-48-51-57(66)73-54-56(75-58(67)52-49-46-43-40-37-34-30-26-23-20-17-14-11-8-5-2)55-74-65-63(61(70)60(69)62(77-65)64(71)72)76-59(68)53-50-47-44-41-38-35-31-27-24-21-18-15-12-9-6-3/h8,11,16-17,19-20,25-26,28,30,56,60-63,65,69-70H,4-7,9-10,12-15,18,21-24,27,29,31-55H2,1-3H3,(H,71,72)/b11-8-,19-16-,20-17-,28-25-,30-26-. The van der Waals surface area contributed by atoms with Gasteiger partial charge in [-0.2, -0.15) is 0 Å². The van der Waals surface area contributed by atoms with Crippen molar-refractivity contribution in [3.05, 3.63) is 60.8 Å². The van der Waals surface area contributed by atoms with Crippen molar-refractivity contribution in [2.75, 3.05) is 13.2 Å². The van der Waals surface area contributed by atoms with Gasteiger partial charge in [-0.3, -0.25) is 14.4 Å². The molecule has 0 spiro atoms. The molecule has 12 nitrogen and oxygen atoms in total. The first-order chi connectivity index (χ1) is 37.6. The SMILES string of the molecule is CC/C=C\C/C=C\C/C=C\CCCCCCCC(=O)OC(COC(=O)CCCCCCCCC/C=C\C/C=C\CCCCC)COC1OC(C(=O)O)C(O)C(O)C1OC(=O)CCCCCCCCCCCCCCCCC. The van der Waals surface area contributed by atoms with Gasteiger partial charge in [0.1, 0.15) is 18.8 Å². The van der Waals surface area contributed by atoms with Crippen molar-refractivity contribution >= 4 is 23.9 Å². The van der Waals surface area contributed by atoms with E-state index in [4.69, 9.17) is 23.7 Å². The fourth-order valence-corrected chi connectivity index (χ4v) is 9.30. The number of carboxylic acid groups (broad SMARTS) is 1. The predicted octanol–water partition coefficient (Wildman–Crippen LogP) is 16.3. The topological polar surface area (TPSA) is 175 Å². The van der Waals surface area contributed by atoms with Crippen molar-refractivity contribution in [3.8, 4) is 0 Å². The predicted molar refractivity (Wildman–Crippen MR) is 312 cm³/mol. The number of esters is 3. The third-order valence-electron chi connectivity index (χ3n) is 14.1. The second-order valence-electron chi connectivity index (χ2n) is 21.3. The summed E-state index contributed by atoms with van der Waals surface area (Å²) >= 11 is 0. The van der Waals surface area contributed by atoms with Crippen molar-refractivity contribution in [2.45, 2.75) is 314 Å². The van der Waals surface area contributed by atoms with Gasteiger partial charge in [0, 0.05) is 19.3 Å². The van der Waals surface area contributed by atoms with Crippen LogP contribution in [0.3, 0.4) is 0 Å². The molecule has 3 N–H and O–H groups in total. The van der Waals surface area contributed by atoms with Crippen LogP contribution in [-0.4, -0.2) is 89.2 Å². The molecular weight excluding hydrogens is 973 g/mol. The maximum atomic E-state index is 13.2. The Labute approximate surface area is 468 Å². The van der Waals surface area contributed by atoms with Gasteiger partial charge in [0.25, 0.3) is 0 Å². The Bertz CT molecular complexity index is 1570. The number of aliphatic hydroxyl groups is 2. The summed E-state index contributed by atoms with van der Waals surface area (Å²) in [5, 5.41) is 31.5. The van der Waals surface area contributed by atoms with Crippen molar-refractivity contribution in [1.82, 2.24) is 0 Å². The van der Waals surface area contributed by atoms with Crippen LogP contribution < -0.4 is 0 Å². The number of carbonyl (C=O) groups excluding carboxylic acids is 3. The lowest BCUT2D eigenvalue weighted by molar-refractivity contribution is -0.301. The Kier molecular flexibility index (Phi) is 49.2. The molecule has 0 saturated carbocycles. The minimum absolute atomic E-state index is 0.0604. The van der Waals surface area contributed by atoms with Crippen molar-refractivity contribution < 1.29 is 58.2 Å². The average Bonchev–Trinajstić information content (AvgIpc) is 3.43. The van der Waals surface area contributed by atoms with Gasteiger partial charge in [0.05, 0.1) is 6.61 Å². The molecule has 1 aliphatic rings. The van der Waals surface area contributed by atoms with Crippen molar-refractivity contribution in [2.24, 2.45) is 0 Å². The van der Waals surface area contributed by atoms with E-state index < -0.39 is 67.3 Å². The molecule has 0 aromatic rings. The Morgan fingerprint density at radius 3 is 1.27 bits per heavy atom. The van der Waals surface area contributed by atoms with Crippen LogP contribution in [0.15, 0.2) is 60.8 Å². The van der Waals surface area contributed by atoms with Crippen molar-refractivity contribution in [1.29, 1.82) is 0 Å². The zero-order valence-corrected chi connectivity index (χ0v) is 49.0. The molecule has 0 amide bonds. The number of carbonyl (C=O) groups is 4. The second-order valence-corrected chi connectivity index (χ2v) is 21.3. The first-order valence-electron chi connectivity index (χ1n) is 31.3. The summed E-state index contributed by atoms with van der Waals surface area (Å²) in [6.07, 6.45) is 53.2.